The van der Waals surface area contributed by atoms with Crippen molar-refractivity contribution in [2.24, 2.45) is 0 Å². The van der Waals surface area contributed by atoms with Gasteiger partial charge in [0, 0.05) is 5.02 Å². The van der Waals surface area contributed by atoms with Gasteiger partial charge in [0.05, 0.1) is 0 Å². The quantitative estimate of drug-likeness (QED) is 0.705. The molecule has 1 aliphatic rings. The molecule has 1 nitrogen and oxygen atoms in total. The lowest BCUT2D eigenvalue weighted by atomic mass is 9.89. The summed E-state index contributed by atoms with van der Waals surface area (Å²) in [6, 6.07) is 6.51. The zero-order chi connectivity index (χ0) is 10.8. The van der Waals surface area contributed by atoms with Gasteiger partial charge in [0.2, 0.25) is 0 Å². The van der Waals surface area contributed by atoms with Crippen molar-refractivity contribution < 1.29 is 0 Å². The van der Waals surface area contributed by atoms with Crippen LogP contribution in [0.4, 0.5) is 0 Å². The summed E-state index contributed by atoms with van der Waals surface area (Å²) in [5.41, 5.74) is 2.59. The molecule has 1 aromatic rings. The molecule has 0 saturated carbocycles. The first-order valence-electron chi connectivity index (χ1n) is 5.61. The lowest BCUT2D eigenvalue weighted by Gasteiger charge is -2.29. The molecular weight excluding hydrogens is 206 g/mol. The summed E-state index contributed by atoms with van der Waals surface area (Å²) < 4.78 is 0. The molecule has 1 saturated heterocycles. The standard InChI is InChI=1S/C13H18ClN/c1-10-3-4-12(9-13(10)14)11-5-7-15(2)8-6-11/h3-4,9,11H,5-8H2,1-2H3. The molecule has 2 heteroatoms. The number of piperidine rings is 1. The Labute approximate surface area is 97.0 Å². The maximum atomic E-state index is 6.15. The zero-order valence-corrected chi connectivity index (χ0v) is 10.2. The molecule has 0 bridgehead atoms. The van der Waals surface area contributed by atoms with Crippen molar-refractivity contribution in [3.05, 3.63) is 34.3 Å². The van der Waals surface area contributed by atoms with E-state index < -0.39 is 0 Å². The first-order chi connectivity index (χ1) is 7.16. The SMILES string of the molecule is Cc1ccc(C2CCN(C)CC2)cc1Cl. The van der Waals surface area contributed by atoms with Crippen LogP contribution in [0.1, 0.15) is 29.9 Å². The van der Waals surface area contributed by atoms with Gasteiger partial charge in [0.25, 0.3) is 0 Å². The second kappa shape index (κ2) is 4.54. The molecule has 1 fully saturated rings. The van der Waals surface area contributed by atoms with Gasteiger partial charge in [0.15, 0.2) is 0 Å². The topological polar surface area (TPSA) is 3.24 Å². The lowest BCUT2D eigenvalue weighted by Crippen LogP contribution is -2.29. The number of rotatable bonds is 1. The second-order valence-electron chi connectivity index (χ2n) is 4.59. The summed E-state index contributed by atoms with van der Waals surface area (Å²) in [6.45, 7) is 4.47. The summed E-state index contributed by atoms with van der Waals surface area (Å²) in [5.74, 6) is 0.708. The lowest BCUT2D eigenvalue weighted by molar-refractivity contribution is 0.255. The molecule has 82 valence electrons. The maximum Gasteiger partial charge on any atom is 0.0438 e. The Bertz CT molecular complexity index is 340. The number of halogens is 1. The molecule has 0 atom stereocenters. The van der Waals surface area contributed by atoms with E-state index in [-0.39, 0.29) is 0 Å². The van der Waals surface area contributed by atoms with Gasteiger partial charge in [0.1, 0.15) is 0 Å². The zero-order valence-electron chi connectivity index (χ0n) is 9.46. The minimum absolute atomic E-state index is 0.708. The summed E-state index contributed by atoms with van der Waals surface area (Å²) in [6.07, 6.45) is 2.52. The summed E-state index contributed by atoms with van der Waals surface area (Å²) >= 11 is 6.15. The predicted molar refractivity (Wildman–Crippen MR) is 65.7 cm³/mol. The van der Waals surface area contributed by atoms with Crippen molar-refractivity contribution in [3.63, 3.8) is 0 Å². The molecule has 0 aliphatic carbocycles. The van der Waals surface area contributed by atoms with E-state index in [2.05, 4.69) is 37.1 Å². The van der Waals surface area contributed by atoms with Crippen LogP contribution in [0.2, 0.25) is 5.02 Å². The molecule has 1 aromatic carbocycles. The smallest absolute Gasteiger partial charge is 0.0438 e. The third-order valence-corrected chi connectivity index (χ3v) is 3.79. The Balaban J connectivity index is 2.12. The van der Waals surface area contributed by atoms with Crippen molar-refractivity contribution in [2.45, 2.75) is 25.7 Å². The van der Waals surface area contributed by atoms with E-state index in [1.165, 1.54) is 37.1 Å². The number of hydrogen-bond donors (Lipinski definition) is 0. The van der Waals surface area contributed by atoms with Gasteiger partial charge in [-0.25, -0.2) is 0 Å². The van der Waals surface area contributed by atoms with Crippen LogP contribution < -0.4 is 0 Å². The van der Waals surface area contributed by atoms with E-state index in [4.69, 9.17) is 11.6 Å². The minimum atomic E-state index is 0.708. The normalized spacial score (nSPS) is 19.4. The Morgan fingerprint density at radius 3 is 2.53 bits per heavy atom. The van der Waals surface area contributed by atoms with Gasteiger partial charge in [-0.15, -0.1) is 0 Å². The first kappa shape index (κ1) is 11.0. The van der Waals surface area contributed by atoms with Gasteiger partial charge >= 0.3 is 0 Å². The largest absolute Gasteiger partial charge is 0.306 e. The number of benzene rings is 1. The number of aryl methyl sites for hydroxylation is 1. The van der Waals surface area contributed by atoms with E-state index in [1.807, 2.05) is 0 Å². The molecule has 1 aliphatic heterocycles. The van der Waals surface area contributed by atoms with E-state index in [1.54, 1.807) is 0 Å². The van der Waals surface area contributed by atoms with E-state index in [9.17, 15) is 0 Å². The molecular formula is C13H18ClN. The molecule has 2 rings (SSSR count). The fourth-order valence-electron chi connectivity index (χ4n) is 2.20. The number of likely N-dealkylation sites (tertiary alicyclic amines) is 1. The number of nitrogens with zero attached hydrogens (tertiary/aromatic N) is 1. The highest BCUT2D eigenvalue weighted by atomic mass is 35.5. The fourth-order valence-corrected chi connectivity index (χ4v) is 2.39. The molecule has 0 unspecified atom stereocenters. The van der Waals surface area contributed by atoms with Gasteiger partial charge in [-0.1, -0.05) is 23.7 Å². The van der Waals surface area contributed by atoms with Crippen molar-refractivity contribution in [1.29, 1.82) is 0 Å². The van der Waals surface area contributed by atoms with E-state index >= 15 is 0 Å². The highest BCUT2D eigenvalue weighted by Gasteiger charge is 2.18. The minimum Gasteiger partial charge on any atom is -0.306 e. The van der Waals surface area contributed by atoms with Crippen LogP contribution in [0.25, 0.3) is 0 Å². The van der Waals surface area contributed by atoms with Crippen LogP contribution >= 0.6 is 11.6 Å². The van der Waals surface area contributed by atoms with Gasteiger partial charge in [-0.05, 0) is 63.0 Å². The van der Waals surface area contributed by atoms with E-state index in [0.29, 0.717) is 5.92 Å². The Kier molecular flexibility index (Phi) is 3.32. The van der Waals surface area contributed by atoms with Crippen LogP contribution in [0.3, 0.4) is 0 Å². The van der Waals surface area contributed by atoms with Crippen LogP contribution in [-0.2, 0) is 0 Å². The third kappa shape index (κ3) is 2.53. The molecule has 15 heavy (non-hydrogen) atoms. The number of hydrogen-bond acceptors (Lipinski definition) is 1. The van der Waals surface area contributed by atoms with Crippen molar-refractivity contribution in [3.8, 4) is 0 Å². The average Bonchev–Trinajstić information content (AvgIpc) is 2.23. The molecule has 0 spiro atoms. The average molecular weight is 224 g/mol. The van der Waals surface area contributed by atoms with Crippen LogP contribution in [0.5, 0.6) is 0 Å². The van der Waals surface area contributed by atoms with Crippen molar-refractivity contribution >= 4 is 11.6 Å². The fraction of sp³-hybridized carbons (Fsp3) is 0.538. The van der Waals surface area contributed by atoms with E-state index in [0.717, 1.165) is 5.02 Å². The molecule has 1 heterocycles. The van der Waals surface area contributed by atoms with Gasteiger partial charge in [-0.2, -0.15) is 0 Å². The Hall–Kier alpha value is -0.530. The molecule has 0 aromatic heterocycles. The highest BCUT2D eigenvalue weighted by molar-refractivity contribution is 6.31. The maximum absolute atomic E-state index is 6.15. The Morgan fingerprint density at radius 2 is 1.93 bits per heavy atom. The summed E-state index contributed by atoms with van der Waals surface area (Å²) in [4.78, 5) is 2.40. The van der Waals surface area contributed by atoms with Crippen molar-refractivity contribution in [2.75, 3.05) is 20.1 Å². The van der Waals surface area contributed by atoms with Crippen LogP contribution in [0, 0.1) is 6.92 Å². The van der Waals surface area contributed by atoms with Crippen molar-refractivity contribution in [1.82, 2.24) is 4.90 Å². The predicted octanol–water partition coefficient (Wildman–Crippen LogP) is 3.46. The monoisotopic (exact) mass is 223 g/mol. The highest BCUT2D eigenvalue weighted by Crippen LogP contribution is 2.30. The van der Waals surface area contributed by atoms with Gasteiger partial charge in [-0.3, -0.25) is 0 Å². The molecule has 0 N–H and O–H groups in total. The first-order valence-corrected chi connectivity index (χ1v) is 5.99. The molecule has 0 radical (unpaired) electrons. The van der Waals surface area contributed by atoms with Crippen LogP contribution in [-0.4, -0.2) is 25.0 Å². The Morgan fingerprint density at radius 1 is 1.27 bits per heavy atom. The summed E-state index contributed by atoms with van der Waals surface area (Å²) in [5, 5.41) is 0.909. The van der Waals surface area contributed by atoms with Gasteiger partial charge < -0.3 is 4.90 Å². The summed E-state index contributed by atoms with van der Waals surface area (Å²) in [7, 11) is 2.19. The second-order valence-corrected chi connectivity index (χ2v) is 4.99. The van der Waals surface area contributed by atoms with Crippen LogP contribution in [0.15, 0.2) is 18.2 Å². The molecule has 0 amide bonds. The third-order valence-electron chi connectivity index (χ3n) is 3.39.